The van der Waals surface area contributed by atoms with E-state index in [0.717, 1.165) is 30.3 Å². The Morgan fingerprint density at radius 2 is 1.73 bits per heavy atom. The maximum absolute atomic E-state index is 6.25. The number of likely N-dealkylation sites (N-methyl/N-ethyl adjacent to an activating group) is 1. The van der Waals surface area contributed by atoms with Crippen molar-refractivity contribution in [3.05, 3.63) is 58.9 Å². The first kappa shape index (κ1) is 19.4. The van der Waals surface area contributed by atoms with E-state index in [0.29, 0.717) is 11.8 Å². The van der Waals surface area contributed by atoms with Crippen LogP contribution in [0.4, 0.5) is 0 Å². The summed E-state index contributed by atoms with van der Waals surface area (Å²) in [5.41, 5.74) is 9.91. The maximum Gasteiger partial charge on any atom is 0.123 e. The van der Waals surface area contributed by atoms with Crippen LogP contribution < -0.4 is 4.74 Å². The molecular weight excluding hydrogens is 370 g/mol. The molecular formula is C26H31N3O. The van der Waals surface area contributed by atoms with Gasteiger partial charge in [-0.25, -0.2) is 4.98 Å². The Kier molecular flexibility index (Phi) is 4.90. The number of rotatable bonds is 6. The molecule has 0 spiro atoms. The van der Waals surface area contributed by atoms with Crippen LogP contribution in [0.15, 0.2) is 36.4 Å². The number of fused-ring (bicyclic) bond motifs is 5. The second-order valence-corrected chi connectivity index (χ2v) is 9.20. The van der Waals surface area contributed by atoms with Crippen LogP contribution in [-0.2, 0) is 0 Å². The molecule has 4 nitrogen and oxygen atoms in total. The lowest BCUT2D eigenvalue weighted by Gasteiger charge is -2.23. The van der Waals surface area contributed by atoms with E-state index < -0.39 is 0 Å². The molecule has 2 unspecified atom stereocenters. The molecule has 2 heterocycles. The molecule has 0 saturated heterocycles. The van der Waals surface area contributed by atoms with Gasteiger partial charge < -0.3 is 14.6 Å². The normalized spacial score (nSPS) is 19.5. The fraction of sp³-hybridized carbons (Fsp3) is 0.423. The summed E-state index contributed by atoms with van der Waals surface area (Å²) in [6.07, 6.45) is 3.86. The van der Waals surface area contributed by atoms with Crippen molar-refractivity contribution in [3.63, 3.8) is 0 Å². The minimum atomic E-state index is 0.650. The molecule has 2 aromatic heterocycles. The van der Waals surface area contributed by atoms with Gasteiger partial charge in [0.15, 0.2) is 0 Å². The molecule has 2 bridgehead atoms. The highest BCUT2D eigenvalue weighted by molar-refractivity contribution is 5.74. The van der Waals surface area contributed by atoms with Gasteiger partial charge in [-0.15, -0.1) is 0 Å². The molecule has 0 aliphatic heterocycles. The molecule has 1 fully saturated rings. The quantitative estimate of drug-likeness (QED) is 0.579. The molecule has 2 atom stereocenters. The summed E-state index contributed by atoms with van der Waals surface area (Å²) in [7, 11) is 4.18. The zero-order chi connectivity index (χ0) is 20.8. The van der Waals surface area contributed by atoms with Gasteiger partial charge in [-0.2, -0.15) is 0 Å². The van der Waals surface area contributed by atoms with E-state index in [1.807, 2.05) is 0 Å². The van der Waals surface area contributed by atoms with Crippen molar-refractivity contribution in [2.45, 2.75) is 44.9 Å². The van der Waals surface area contributed by atoms with Gasteiger partial charge in [0.2, 0.25) is 0 Å². The van der Waals surface area contributed by atoms with Gasteiger partial charge in [-0.05, 0) is 94.9 Å². The first-order valence-electron chi connectivity index (χ1n) is 11.1. The molecule has 0 radical (unpaired) electrons. The molecule has 1 N–H and O–H groups in total. The zero-order valence-electron chi connectivity index (χ0n) is 18.5. The van der Waals surface area contributed by atoms with Gasteiger partial charge in [0, 0.05) is 34.6 Å². The molecule has 4 heteroatoms. The van der Waals surface area contributed by atoms with E-state index in [-0.39, 0.29) is 0 Å². The number of pyridine rings is 1. The minimum Gasteiger partial charge on any atom is -0.492 e. The predicted octanol–water partition coefficient (Wildman–Crippen LogP) is 5.67. The Hall–Kier alpha value is -2.59. The van der Waals surface area contributed by atoms with Crippen molar-refractivity contribution in [1.82, 2.24) is 14.9 Å². The SMILES string of the molecule is Cc1cc(-c2cccc(-c3ccc(OCCN(C)C)c4c3C3CCC4C3)n2)c(C)[nH]1. The Labute approximate surface area is 179 Å². The topological polar surface area (TPSA) is 41.1 Å². The van der Waals surface area contributed by atoms with Crippen molar-refractivity contribution in [3.8, 4) is 28.3 Å². The Morgan fingerprint density at radius 3 is 2.43 bits per heavy atom. The molecule has 3 aromatic rings. The zero-order valence-corrected chi connectivity index (χ0v) is 18.5. The Balaban J connectivity index is 1.55. The van der Waals surface area contributed by atoms with Crippen molar-refractivity contribution >= 4 is 0 Å². The summed E-state index contributed by atoms with van der Waals surface area (Å²) in [4.78, 5) is 10.7. The lowest BCUT2D eigenvalue weighted by molar-refractivity contribution is 0.258. The highest BCUT2D eigenvalue weighted by Gasteiger charge is 2.41. The largest absolute Gasteiger partial charge is 0.492 e. The summed E-state index contributed by atoms with van der Waals surface area (Å²) in [5.74, 6) is 2.40. The van der Waals surface area contributed by atoms with Crippen molar-refractivity contribution in [2.24, 2.45) is 0 Å². The third-order valence-corrected chi connectivity index (χ3v) is 6.74. The van der Waals surface area contributed by atoms with Gasteiger partial charge in [-0.1, -0.05) is 6.07 Å². The van der Waals surface area contributed by atoms with E-state index in [1.165, 1.54) is 52.9 Å². The second-order valence-electron chi connectivity index (χ2n) is 9.20. The predicted molar refractivity (Wildman–Crippen MR) is 122 cm³/mol. The fourth-order valence-electron chi connectivity index (χ4n) is 5.40. The monoisotopic (exact) mass is 401 g/mol. The first-order valence-corrected chi connectivity index (χ1v) is 11.1. The summed E-state index contributed by atoms with van der Waals surface area (Å²) < 4.78 is 6.25. The number of H-pyrrole nitrogens is 1. The third-order valence-electron chi connectivity index (χ3n) is 6.74. The van der Waals surface area contributed by atoms with E-state index in [2.05, 4.69) is 74.2 Å². The Morgan fingerprint density at radius 1 is 1.00 bits per heavy atom. The van der Waals surface area contributed by atoms with Crippen LogP contribution in [0.25, 0.3) is 22.5 Å². The maximum atomic E-state index is 6.25. The molecule has 5 rings (SSSR count). The molecule has 0 amide bonds. The van der Waals surface area contributed by atoms with Crippen LogP contribution >= 0.6 is 0 Å². The van der Waals surface area contributed by atoms with Gasteiger partial charge in [0.05, 0.1) is 11.4 Å². The average Bonchev–Trinajstić information content (AvgIpc) is 3.43. The fourth-order valence-corrected chi connectivity index (χ4v) is 5.40. The van der Waals surface area contributed by atoms with Gasteiger partial charge in [0.1, 0.15) is 12.4 Å². The van der Waals surface area contributed by atoms with Crippen LogP contribution in [0.1, 0.15) is 53.6 Å². The number of ether oxygens (including phenoxy) is 1. The molecule has 1 aromatic carbocycles. The van der Waals surface area contributed by atoms with Crippen molar-refractivity contribution in [1.29, 1.82) is 0 Å². The number of nitrogens with one attached hydrogen (secondary N) is 1. The smallest absolute Gasteiger partial charge is 0.123 e. The lowest BCUT2D eigenvalue weighted by Crippen LogP contribution is -2.20. The van der Waals surface area contributed by atoms with Gasteiger partial charge in [0.25, 0.3) is 0 Å². The first-order chi connectivity index (χ1) is 14.5. The van der Waals surface area contributed by atoms with Crippen molar-refractivity contribution in [2.75, 3.05) is 27.2 Å². The van der Waals surface area contributed by atoms with E-state index in [4.69, 9.17) is 9.72 Å². The Bertz CT molecular complexity index is 1080. The molecule has 30 heavy (non-hydrogen) atoms. The highest BCUT2D eigenvalue weighted by Crippen LogP contribution is 2.58. The average molecular weight is 402 g/mol. The minimum absolute atomic E-state index is 0.650. The summed E-state index contributed by atoms with van der Waals surface area (Å²) in [6.45, 7) is 5.88. The number of nitrogens with zero attached hydrogens (tertiary/aromatic N) is 2. The van der Waals surface area contributed by atoms with Crippen LogP contribution in [0.2, 0.25) is 0 Å². The van der Waals surface area contributed by atoms with Crippen molar-refractivity contribution < 1.29 is 4.74 Å². The number of aromatic nitrogens is 2. The van der Waals surface area contributed by atoms with Crippen LogP contribution in [0.3, 0.4) is 0 Å². The van der Waals surface area contributed by atoms with E-state index in [9.17, 15) is 0 Å². The lowest BCUT2D eigenvalue weighted by atomic mass is 9.86. The molecule has 2 aliphatic carbocycles. The van der Waals surface area contributed by atoms with Crippen LogP contribution in [0.5, 0.6) is 5.75 Å². The summed E-state index contributed by atoms with van der Waals surface area (Å²) in [5, 5.41) is 0. The molecule has 1 saturated carbocycles. The number of hydrogen-bond acceptors (Lipinski definition) is 3. The summed E-state index contributed by atoms with van der Waals surface area (Å²) in [6, 6.07) is 13.0. The number of hydrogen-bond donors (Lipinski definition) is 1. The van der Waals surface area contributed by atoms with Crippen LogP contribution in [-0.4, -0.2) is 42.1 Å². The molecule has 2 aliphatic rings. The standard InChI is InChI=1S/C26H31N3O/c1-16-14-21(17(2)27-16)23-7-5-6-22(28-23)20-10-11-24(30-13-12-29(3)4)26-19-9-8-18(15-19)25(20)26/h5-7,10-11,14,18-19,27H,8-9,12-13,15H2,1-4H3. The van der Waals surface area contributed by atoms with E-state index in [1.54, 1.807) is 0 Å². The number of benzene rings is 1. The second kappa shape index (κ2) is 7.59. The number of aromatic amines is 1. The number of aryl methyl sites for hydroxylation is 2. The summed E-state index contributed by atoms with van der Waals surface area (Å²) >= 11 is 0. The van der Waals surface area contributed by atoms with Crippen LogP contribution in [0, 0.1) is 13.8 Å². The third kappa shape index (κ3) is 3.33. The highest BCUT2D eigenvalue weighted by atomic mass is 16.5. The molecule has 156 valence electrons. The van der Waals surface area contributed by atoms with E-state index >= 15 is 0 Å². The van der Waals surface area contributed by atoms with Gasteiger partial charge in [-0.3, -0.25) is 0 Å². The van der Waals surface area contributed by atoms with Gasteiger partial charge >= 0.3 is 0 Å².